The molecule has 1 heterocycles. The quantitative estimate of drug-likeness (QED) is 0.345. The molecule has 1 aliphatic rings. The number of benzene rings is 3. The number of aromatic carboxylic acids is 1. The number of carboxylic acids is 1. The van der Waals surface area contributed by atoms with Gasteiger partial charge in [-0.2, -0.15) is 4.68 Å². The maximum absolute atomic E-state index is 14.4. The second-order valence-electron chi connectivity index (χ2n) is 9.00. The summed E-state index contributed by atoms with van der Waals surface area (Å²) in [6, 6.07) is 14.4. The number of aromatic nitrogens is 4. The molecule has 12 heteroatoms. The highest BCUT2D eigenvalue weighted by atomic mass is 19.1. The smallest absolute Gasteiger partial charge is 0.377 e. The highest BCUT2D eigenvalue weighted by Gasteiger charge is 2.33. The predicted octanol–water partition coefficient (Wildman–Crippen LogP) is 5.01. The summed E-state index contributed by atoms with van der Waals surface area (Å²) in [5.74, 6) is -2.83. The molecular weight excluding hydrogens is 512 g/mol. The average Bonchev–Trinajstić information content (AvgIpc) is 3.31. The minimum atomic E-state index is -1.19. The number of carbonyl (C=O) groups is 2. The number of ether oxygens (including phenoxy) is 1. The molecular formula is C27H23F2N5O5. The van der Waals surface area contributed by atoms with Gasteiger partial charge in [0.25, 0.3) is 0 Å². The first-order valence-corrected chi connectivity index (χ1v) is 12.3. The summed E-state index contributed by atoms with van der Waals surface area (Å²) < 4.78 is 35.6. The van der Waals surface area contributed by atoms with E-state index in [4.69, 9.17) is 4.74 Å². The lowest BCUT2D eigenvalue weighted by atomic mass is 9.93. The topological polar surface area (TPSA) is 120 Å². The van der Waals surface area contributed by atoms with E-state index in [-0.39, 0.29) is 23.0 Å². The van der Waals surface area contributed by atoms with E-state index < -0.39 is 35.0 Å². The number of para-hydroxylation sites is 2. The number of rotatable bonds is 6. The number of halogens is 2. The number of carbonyl (C=O) groups excluding carboxylic acids is 1. The van der Waals surface area contributed by atoms with Crippen molar-refractivity contribution in [2.24, 2.45) is 0 Å². The molecule has 0 spiro atoms. The van der Waals surface area contributed by atoms with Crippen LogP contribution in [0.1, 0.15) is 42.5 Å². The number of anilines is 1. The second kappa shape index (κ2) is 10.9. The van der Waals surface area contributed by atoms with Crippen molar-refractivity contribution in [3.8, 4) is 17.2 Å². The van der Waals surface area contributed by atoms with Crippen LogP contribution in [0.15, 0.2) is 71.5 Å². The van der Waals surface area contributed by atoms with Crippen molar-refractivity contribution in [3.63, 3.8) is 0 Å². The first kappa shape index (κ1) is 25.8. The van der Waals surface area contributed by atoms with E-state index in [2.05, 4.69) is 10.4 Å². The zero-order valence-electron chi connectivity index (χ0n) is 20.5. The van der Waals surface area contributed by atoms with Gasteiger partial charge in [0, 0.05) is 6.04 Å². The van der Waals surface area contributed by atoms with Gasteiger partial charge >= 0.3 is 17.7 Å². The number of hydrogen-bond donors (Lipinski definition) is 1. The fraction of sp³-hybridized carbons (Fsp3) is 0.222. The molecule has 4 aromatic rings. The minimum absolute atomic E-state index is 0.0700. The lowest BCUT2D eigenvalue weighted by Gasteiger charge is -2.34. The maximum Gasteiger partial charge on any atom is 0.377 e. The Labute approximate surface area is 220 Å². The Morgan fingerprint density at radius 1 is 0.923 bits per heavy atom. The van der Waals surface area contributed by atoms with Gasteiger partial charge in [-0.05, 0) is 65.7 Å². The van der Waals surface area contributed by atoms with E-state index in [0.29, 0.717) is 28.0 Å². The van der Waals surface area contributed by atoms with Gasteiger partial charge in [-0.25, -0.2) is 23.2 Å². The first-order valence-electron chi connectivity index (χ1n) is 12.3. The molecule has 0 bridgehead atoms. The first-order chi connectivity index (χ1) is 18.8. The van der Waals surface area contributed by atoms with Gasteiger partial charge in [0.2, 0.25) is 0 Å². The minimum Gasteiger partial charge on any atom is -0.478 e. The van der Waals surface area contributed by atoms with Crippen LogP contribution in [0.3, 0.4) is 0 Å². The van der Waals surface area contributed by atoms with Crippen molar-refractivity contribution >= 4 is 17.7 Å². The molecule has 39 heavy (non-hydrogen) atoms. The van der Waals surface area contributed by atoms with Crippen molar-refractivity contribution in [2.75, 3.05) is 4.90 Å². The Bertz CT molecular complexity index is 1560. The summed E-state index contributed by atoms with van der Waals surface area (Å²) in [6.07, 6.45) is 3.80. The van der Waals surface area contributed by atoms with E-state index in [1.54, 1.807) is 30.3 Å². The number of hydrogen-bond acceptors (Lipinski definition) is 6. The molecule has 1 aromatic heterocycles. The average molecular weight is 536 g/mol. The van der Waals surface area contributed by atoms with Crippen molar-refractivity contribution < 1.29 is 28.2 Å². The fourth-order valence-electron chi connectivity index (χ4n) is 4.64. The van der Waals surface area contributed by atoms with E-state index >= 15 is 0 Å². The van der Waals surface area contributed by atoms with E-state index in [1.807, 2.05) is 0 Å². The highest BCUT2D eigenvalue weighted by molar-refractivity contribution is 5.97. The summed E-state index contributed by atoms with van der Waals surface area (Å²) in [4.78, 5) is 40.1. The van der Waals surface area contributed by atoms with Crippen molar-refractivity contribution in [1.82, 2.24) is 19.8 Å². The molecule has 1 amide bonds. The monoisotopic (exact) mass is 535 g/mol. The lowest BCUT2D eigenvalue weighted by Crippen LogP contribution is -2.47. The van der Waals surface area contributed by atoms with Crippen LogP contribution in [0.5, 0.6) is 11.5 Å². The fourth-order valence-corrected chi connectivity index (χ4v) is 4.64. The summed E-state index contributed by atoms with van der Waals surface area (Å²) in [6.45, 7) is 0. The summed E-state index contributed by atoms with van der Waals surface area (Å²) in [7, 11) is 0. The zero-order chi connectivity index (χ0) is 27.5. The zero-order valence-corrected chi connectivity index (χ0v) is 20.5. The Morgan fingerprint density at radius 3 is 2.28 bits per heavy atom. The third-order valence-electron chi connectivity index (χ3n) is 6.50. The largest absolute Gasteiger partial charge is 0.478 e. The Balaban J connectivity index is 1.62. The molecule has 0 radical (unpaired) electrons. The molecule has 0 atom stereocenters. The molecule has 1 fully saturated rings. The van der Waals surface area contributed by atoms with Gasteiger partial charge in [0.1, 0.15) is 11.4 Å². The van der Waals surface area contributed by atoms with E-state index in [1.165, 1.54) is 23.1 Å². The Morgan fingerprint density at radius 2 is 1.62 bits per heavy atom. The molecule has 0 aliphatic heterocycles. The molecule has 0 unspecified atom stereocenters. The van der Waals surface area contributed by atoms with Gasteiger partial charge in [0.15, 0.2) is 17.4 Å². The Kier molecular flexibility index (Phi) is 7.17. The third-order valence-corrected chi connectivity index (χ3v) is 6.50. The molecule has 1 saturated carbocycles. The SMILES string of the molecule is O=C(O)c1ccc(N(C(=O)n2nnn(-c3c(F)cccc3F)c2=O)C2CCCCC2)c(Oc2ccccc2)c1. The molecule has 10 nitrogen and oxygen atoms in total. The van der Waals surface area contributed by atoms with Crippen LogP contribution in [-0.4, -0.2) is 42.9 Å². The van der Waals surface area contributed by atoms with Gasteiger partial charge in [0.05, 0.1) is 11.3 Å². The van der Waals surface area contributed by atoms with Crippen molar-refractivity contribution in [3.05, 3.63) is 94.4 Å². The van der Waals surface area contributed by atoms with Crippen LogP contribution in [0, 0.1) is 11.6 Å². The lowest BCUT2D eigenvalue weighted by molar-refractivity contribution is 0.0696. The van der Waals surface area contributed by atoms with Crippen LogP contribution < -0.4 is 15.3 Å². The molecule has 1 N–H and O–H groups in total. The standard InChI is InChI=1S/C27H23F2N5O5/c28-20-12-7-13-21(29)24(20)33-27(38)34(31-30-33)26(37)32(18-8-3-1-4-9-18)22-15-14-17(25(35)36)16-23(22)39-19-10-5-2-6-11-19/h2,5-7,10-16,18H,1,3-4,8-9H2,(H,35,36). The molecule has 200 valence electrons. The molecule has 0 saturated heterocycles. The number of nitrogens with zero attached hydrogens (tertiary/aromatic N) is 5. The van der Waals surface area contributed by atoms with Crippen LogP contribution in [-0.2, 0) is 0 Å². The number of amides is 1. The van der Waals surface area contributed by atoms with Crippen molar-refractivity contribution in [1.29, 1.82) is 0 Å². The van der Waals surface area contributed by atoms with Crippen LogP contribution in [0.4, 0.5) is 19.3 Å². The Hall–Kier alpha value is -4.87. The second-order valence-corrected chi connectivity index (χ2v) is 9.00. The summed E-state index contributed by atoms with van der Waals surface area (Å²) in [5.41, 5.74) is -1.79. The van der Waals surface area contributed by atoms with E-state index in [9.17, 15) is 28.3 Å². The third kappa shape index (κ3) is 5.13. The molecule has 3 aromatic carbocycles. The normalized spacial score (nSPS) is 13.7. The van der Waals surface area contributed by atoms with E-state index in [0.717, 1.165) is 37.5 Å². The number of tetrazole rings is 1. The predicted molar refractivity (Wildman–Crippen MR) is 136 cm³/mol. The van der Waals surface area contributed by atoms with Crippen molar-refractivity contribution in [2.45, 2.75) is 38.1 Å². The summed E-state index contributed by atoms with van der Waals surface area (Å²) in [5, 5.41) is 16.8. The maximum atomic E-state index is 14.4. The highest BCUT2D eigenvalue weighted by Crippen LogP contribution is 2.37. The molecule has 1 aliphatic carbocycles. The van der Waals surface area contributed by atoms with Gasteiger partial charge in [-0.15, -0.1) is 4.68 Å². The van der Waals surface area contributed by atoms with Gasteiger partial charge in [-0.1, -0.05) is 43.5 Å². The van der Waals surface area contributed by atoms with Crippen LogP contribution >= 0.6 is 0 Å². The molecule has 5 rings (SSSR count). The van der Waals surface area contributed by atoms with Crippen LogP contribution in [0.2, 0.25) is 0 Å². The van der Waals surface area contributed by atoms with Gasteiger partial charge in [-0.3, -0.25) is 4.90 Å². The van der Waals surface area contributed by atoms with Crippen LogP contribution in [0.25, 0.3) is 5.69 Å². The summed E-state index contributed by atoms with van der Waals surface area (Å²) >= 11 is 0. The number of carboxylic acid groups (broad SMARTS) is 1. The van der Waals surface area contributed by atoms with Gasteiger partial charge < -0.3 is 9.84 Å².